The second kappa shape index (κ2) is 8.26. The molecule has 2 aromatic heterocycles. The quantitative estimate of drug-likeness (QED) is 0.625. The Labute approximate surface area is 165 Å². The molecule has 3 aromatic rings. The summed E-state index contributed by atoms with van der Waals surface area (Å²) in [6.45, 7) is 5.07. The Morgan fingerprint density at radius 1 is 1.11 bits per heavy atom. The van der Waals surface area contributed by atoms with Gasteiger partial charge in [0.25, 0.3) is 5.91 Å². The zero-order valence-electron chi connectivity index (χ0n) is 15.7. The topological polar surface area (TPSA) is 94.8 Å². The summed E-state index contributed by atoms with van der Waals surface area (Å²) in [7, 11) is 0. The molecule has 0 aliphatic heterocycles. The van der Waals surface area contributed by atoms with E-state index in [1.165, 1.54) is 11.3 Å². The Morgan fingerprint density at radius 3 is 2.57 bits per heavy atom. The summed E-state index contributed by atoms with van der Waals surface area (Å²) >= 11 is 1.27. The molecule has 0 radical (unpaired) electrons. The van der Waals surface area contributed by atoms with E-state index in [1.807, 2.05) is 13.0 Å². The molecule has 0 aliphatic carbocycles. The lowest BCUT2D eigenvalue weighted by atomic mass is 10.1. The monoisotopic (exact) mass is 401 g/mol. The van der Waals surface area contributed by atoms with Crippen molar-refractivity contribution in [3.05, 3.63) is 52.1 Å². The van der Waals surface area contributed by atoms with Gasteiger partial charge in [0, 0.05) is 10.3 Å². The number of aryl methyl sites for hydroxylation is 1. The number of nitrogens with one attached hydrogen (secondary N) is 1. The summed E-state index contributed by atoms with van der Waals surface area (Å²) in [5, 5.41) is 3.76. The molecule has 1 aromatic carbocycles. The van der Waals surface area contributed by atoms with Crippen molar-refractivity contribution in [2.45, 2.75) is 20.8 Å². The molecular formula is C20H19NO6S. The van der Waals surface area contributed by atoms with Gasteiger partial charge in [-0.15, -0.1) is 11.3 Å². The number of ether oxygens (including phenoxy) is 2. The van der Waals surface area contributed by atoms with E-state index in [-0.39, 0.29) is 12.4 Å². The number of amides is 1. The molecule has 3 rings (SSSR count). The lowest BCUT2D eigenvalue weighted by molar-refractivity contribution is -0.119. The van der Waals surface area contributed by atoms with Gasteiger partial charge in [0.2, 0.25) is 5.76 Å². The number of para-hydroxylation sites is 1. The predicted octanol–water partition coefficient (Wildman–Crippen LogP) is 4.08. The minimum Gasteiger partial charge on any atom is -0.462 e. The summed E-state index contributed by atoms with van der Waals surface area (Å²) < 4.78 is 15.5. The first-order chi connectivity index (χ1) is 13.4. The Kier molecular flexibility index (Phi) is 5.79. The number of carbonyl (C=O) groups is 3. The summed E-state index contributed by atoms with van der Waals surface area (Å²) in [6, 6.07) is 8.71. The van der Waals surface area contributed by atoms with Gasteiger partial charge in [0.15, 0.2) is 6.61 Å². The van der Waals surface area contributed by atoms with E-state index < -0.39 is 24.5 Å². The third-order valence-electron chi connectivity index (χ3n) is 4.08. The maximum atomic E-state index is 12.2. The maximum Gasteiger partial charge on any atom is 0.374 e. The number of hydrogen-bond acceptors (Lipinski definition) is 7. The number of fused-ring (bicyclic) bond motifs is 1. The normalized spacial score (nSPS) is 10.7. The number of rotatable bonds is 6. The molecule has 0 saturated heterocycles. The lowest BCUT2D eigenvalue weighted by Gasteiger charge is -2.07. The summed E-state index contributed by atoms with van der Waals surface area (Å²) in [4.78, 5) is 37.4. The van der Waals surface area contributed by atoms with Crippen molar-refractivity contribution in [1.29, 1.82) is 0 Å². The van der Waals surface area contributed by atoms with Crippen LogP contribution in [0.25, 0.3) is 11.0 Å². The van der Waals surface area contributed by atoms with Crippen LogP contribution in [0.4, 0.5) is 5.00 Å². The molecule has 0 fully saturated rings. The molecule has 7 nitrogen and oxygen atoms in total. The second-order valence-electron chi connectivity index (χ2n) is 5.98. The fraction of sp³-hybridized carbons (Fsp3) is 0.250. The number of esters is 2. The highest BCUT2D eigenvalue weighted by atomic mass is 32.1. The smallest absolute Gasteiger partial charge is 0.374 e. The molecule has 0 saturated carbocycles. The molecule has 0 aliphatic rings. The van der Waals surface area contributed by atoms with Crippen molar-refractivity contribution < 1.29 is 28.3 Å². The number of furan rings is 1. The van der Waals surface area contributed by atoms with Crippen molar-refractivity contribution in [2.24, 2.45) is 0 Å². The van der Waals surface area contributed by atoms with Gasteiger partial charge < -0.3 is 19.2 Å². The summed E-state index contributed by atoms with van der Waals surface area (Å²) in [6.07, 6.45) is 0. The van der Waals surface area contributed by atoms with E-state index in [0.29, 0.717) is 16.1 Å². The molecule has 8 heteroatoms. The Balaban J connectivity index is 1.65. The van der Waals surface area contributed by atoms with Crippen LogP contribution in [0.5, 0.6) is 0 Å². The van der Waals surface area contributed by atoms with E-state index in [1.54, 1.807) is 38.1 Å². The van der Waals surface area contributed by atoms with Gasteiger partial charge in [-0.1, -0.05) is 18.2 Å². The van der Waals surface area contributed by atoms with Gasteiger partial charge in [-0.2, -0.15) is 0 Å². The van der Waals surface area contributed by atoms with Crippen molar-refractivity contribution >= 4 is 45.2 Å². The molecule has 146 valence electrons. The minimum atomic E-state index is -0.740. The van der Waals surface area contributed by atoms with E-state index >= 15 is 0 Å². The Morgan fingerprint density at radius 2 is 1.86 bits per heavy atom. The highest BCUT2D eigenvalue weighted by molar-refractivity contribution is 7.16. The van der Waals surface area contributed by atoms with Crippen LogP contribution in [0.15, 0.2) is 34.7 Å². The highest BCUT2D eigenvalue weighted by Gasteiger charge is 2.23. The SMILES string of the molecule is CCOC(=O)c1c(NC(=O)COC(=O)c2cc3ccccc3o2)sc(C)c1C. The number of hydrogen-bond donors (Lipinski definition) is 1. The number of carbonyl (C=O) groups excluding carboxylic acids is 3. The van der Waals surface area contributed by atoms with Gasteiger partial charge in [-0.3, -0.25) is 4.79 Å². The number of benzene rings is 1. The number of thiophene rings is 1. The van der Waals surface area contributed by atoms with E-state index in [0.717, 1.165) is 15.8 Å². The standard InChI is InChI=1S/C20H19NO6S/c1-4-25-20(24)17-11(2)12(3)28-18(17)21-16(22)10-26-19(23)15-9-13-7-5-6-8-14(13)27-15/h5-9H,4,10H2,1-3H3,(H,21,22). The van der Waals surface area contributed by atoms with Crippen LogP contribution in [0.2, 0.25) is 0 Å². The van der Waals surface area contributed by atoms with Gasteiger partial charge in [-0.25, -0.2) is 9.59 Å². The average Bonchev–Trinajstić information content (AvgIpc) is 3.21. The first-order valence-electron chi connectivity index (χ1n) is 8.63. The van der Waals surface area contributed by atoms with Crippen LogP contribution >= 0.6 is 11.3 Å². The van der Waals surface area contributed by atoms with Crippen LogP contribution in [-0.4, -0.2) is 31.1 Å². The van der Waals surface area contributed by atoms with Crippen LogP contribution in [0.1, 0.15) is 38.3 Å². The fourth-order valence-electron chi connectivity index (χ4n) is 2.61. The third kappa shape index (κ3) is 4.07. The molecule has 1 N–H and O–H groups in total. The van der Waals surface area contributed by atoms with Crippen molar-refractivity contribution in [1.82, 2.24) is 0 Å². The Bertz CT molecular complexity index is 1020. The minimum absolute atomic E-state index is 0.0176. The molecule has 0 spiro atoms. The zero-order valence-corrected chi connectivity index (χ0v) is 16.5. The van der Waals surface area contributed by atoms with Crippen LogP contribution in [0, 0.1) is 13.8 Å². The summed E-state index contributed by atoms with van der Waals surface area (Å²) in [5.74, 6) is -1.78. The third-order valence-corrected chi connectivity index (χ3v) is 5.20. The van der Waals surface area contributed by atoms with Crippen molar-refractivity contribution in [3.8, 4) is 0 Å². The van der Waals surface area contributed by atoms with Crippen LogP contribution < -0.4 is 5.32 Å². The van der Waals surface area contributed by atoms with Gasteiger partial charge in [-0.05, 0) is 38.5 Å². The zero-order chi connectivity index (χ0) is 20.3. The van der Waals surface area contributed by atoms with Crippen molar-refractivity contribution in [2.75, 3.05) is 18.5 Å². The van der Waals surface area contributed by atoms with Gasteiger partial charge in [0.05, 0.1) is 12.2 Å². The predicted molar refractivity (Wildman–Crippen MR) is 105 cm³/mol. The molecule has 1 amide bonds. The fourth-order valence-corrected chi connectivity index (χ4v) is 3.68. The molecule has 0 unspecified atom stereocenters. The molecule has 0 atom stereocenters. The average molecular weight is 401 g/mol. The number of anilines is 1. The molecule has 0 bridgehead atoms. The van der Waals surface area contributed by atoms with Crippen LogP contribution in [0.3, 0.4) is 0 Å². The van der Waals surface area contributed by atoms with Crippen LogP contribution in [-0.2, 0) is 14.3 Å². The molecule has 2 heterocycles. The molecule has 28 heavy (non-hydrogen) atoms. The highest BCUT2D eigenvalue weighted by Crippen LogP contribution is 2.33. The first kappa shape index (κ1) is 19.6. The first-order valence-corrected chi connectivity index (χ1v) is 9.45. The maximum absolute atomic E-state index is 12.2. The Hall–Kier alpha value is -3.13. The summed E-state index contributed by atoms with van der Waals surface area (Å²) in [5.41, 5.74) is 1.63. The lowest BCUT2D eigenvalue weighted by Crippen LogP contribution is -2.21. The van der Waals surface area contributed by atoms with Crippen molar-refractivity contribution in [3.63, 3.8) is 0 Å². The van der Waals surface area contributed by atoms with Gasteiger partial charge in [0.1, 0.15) is 10.6 Å². The van der Waals surface area contributed by atoms with E-state index in [9.17, 15) is 14.4 Å². The second-order valence-corrected chi connectivity index (χ2v) is 7.21. The van der Waals surface area contributed by atoms with E-state index in [2.05, 4.69) is 5.32 Å². The largest absolute Gasteiger partial charge is 0.462 e. The van der Waals surface area contributed by atoms with E-state index in [4.69, 9.17) is 13.9 Å². The molecular weight excluding hydrogens is 382 g/mol. The van der Waals surface area contributed by atoms with Gasteiger partial charge >= 0.3 is 11.9 Å².